The number of hydrogen-bond acceptors (Lipinski definition) is 6. The van der Waals surface area contributed by atoms with E-state index in [0.717, 1.165) is 5.56 Å². The lowest BCUT2D eigenvalue weighted by atomic mass is 10.2. The van der Waals surface area contributed by atoms with Crippen LogP contribution in [0.25, 0.3) is 10.6 Å². The van der Waals surface area contributed by atoms with E-state index in [-0.39, 0.29) is 12.5 Å². The summed E-state index contributed by atoms with van der Waals surface area (Å²) in [5.41, 5.74) is 1.14. The van der Waals surface area contributed by atoms with Crippen LogP contribution in [0.4, 0.5) is 0 Å². The van der Waals surface area contributed by atoms with E-state index in [1.54, 1.807) is 36.1 Å². The van der Waals surface area contributed by atoms with Gasteiger partial charge in [-0.1, -0.05) is 0 Å². The summed E-state index contributed by atoms with van der Waals surface area (Å²) >= 11 is 1.35. The van der Waals surface area contributed by atoms with Crippen molar-refractivity contribution in [2.24, 2.45) is 0 Å². The van der Waals surface area contributed by atoms with Crippen molar-refractivity contribution in [2.75, 3.05) is 6.54 Å². The number of carbonyl (C=O) groups is 1. The van der Waals surface area contributed by atoms with Crippen molar-refractivity contribution < 1.29 is 18.7 Å². The number of carbonyl (C=O) groups excluding carboxylic acids is 1. The highest BCUT2D eigenvalue weighted by Crippen LogP contribution is 2.23. The normalized spacial score (nSPS) is 12.2. The first kappa shape index (κ1) is 13.6. The van der Waals surface area contributed by atoms with Crippen LogP contribution < -0.4 is 5.32 Å². The van der Waals surface area contributed by atoms with Gasteiger partial charge in [-0.15, -0.1) is 11.3 Å². The van der Waals surface area contributed by atoms with Crippen LogP contribution in [0.15, 0.2) is 51.2 Å². The van der Waals surface area contributed by atoms with Crippen LogP contribution in [-0.2, 0) is 0 Å². The Balaban J connectivity index is 1.61. The molecule has 1 unspecified atom stereocenters. The largest absolute Gasteiger partial charge is 0.472 e. The standard InChI is InChI=1S/C14H12N2O4S/c17-11(12-2-1-4-20-12)6-15-13(18)10-8-21-14(16-10)9-3-5-19-7-9/h1-5,7-8,11,17H,6H2,(H,15,18). The summed E-state index contributed by atoms with van der Waals surface area (Å²) in [4.78, 5) is 16.2. The molecule has 0 aliphatic heterocycles. The summed E-state index contributed by atoms with van der Waals surface area (Å²) in [6, 6.07) is 5.11. The molecule has 1 atom stereocenters. The Morgan fingerprint density at radius 1 is 1.43 bits per heavy atom. The number of aromatic nitrogens is 1. The maximum atomic E-state index is 12.0. The molecule has 108 valence electrons. The molecular weight excluding hydrogens is 292 g/mol. The van der Waals surface area contributed by atoms with Crippen LogP contribution in [-0.4, -0.2) is 22.5 Å². The van der Waals surface area contributed by atoms with Gasteiger partial charge in [0, 0.05) is 10.9 Å². The Kier molecular flexibility index (Phi) is 3.85. The van der Waals surface area contributed by atoms with Gasteiger partial charge in [0.25, 0.3) is 5.91 Å². The molecular formula is C14H12N2O4S. The first-order valence-electron chi connectivity index (χ1n) is 6.22. The van der Waals surface area contributed by atoms with E-state index in [2.05, 4.69) is 10.3 Å². The Labute approximate surface area is 124 Å². The quantitative estimate of drug-likeness (QED) is 0.756. The van der Waals surface area contributed by atoms with E-state index in [4.69, 9.17) is 8.83 Å². The monoisotopic (exact) mass is 304 g/mol. The molecule has 21 heavy (non-hydrogen) atoms. The fourth-order valence-electron chi connectivity index (χ4n) is 1.76. The number of furan rings is 2. The number of rotatable bonds is 5. The molecule has 0 saturated heterocycles. The lowest BCUT2D eigenvalue weighted by molar-refractivity contribution is 0.0897. The number of nitrogens with one attached hydrogen (secondary N) is 1. The zero-order chi connectivity index (χ0) is 14.7. The zero-order valence-corrected chi connectivity index (χ0v) is 11.7. The lowest BCUT2D eigenvalue weighted by Crippen LogP contribution is -2.28. The minimum atomic E-state index is -0.879. The van der Waals surface area contributed by atoms with Crippen LogP contribution in [0.1, 0.15) is 22.4 Å². The van der Waals surface area contributed by atoms with Gasteiger partial charge in [-0.2, -0.15) is 0 Å². The van der Waals surface area contributed by atoms with Crippen molar-refractivity contribution in [3.05, 3.63) is 53.8 Å². The number of aliphatic hydroxyl groups excluding tert-OH is 1. The van der Waals surface area contributed by atoms with Gasteiger partial charge in [0.1, 0.15) is 28.8 Å². The molecule has 0 radical (unpaired) electrons. The molecule has 3 aromatic heterocycles. The van der Waals surface area contributed by atoms with Gasteiger partial charge in [0.15, 0.2) is 0 Å². The Morgan fingerprint density at radius 2 is 2.33 bits per heavy atom. The average molecular weight is 304 g/mol. The summed E-state index contributed by atoms with van der Waals surface area (Å²) in [7, 11) is 0. The van der Waals surface area contributed by atoms with Crippen molar-refractivity contribution in [2.45, 2.75) is 6.10 Å². The predicted molar refractivity (Wildman–Crippen MR) is 75.8 cm³/mol. The highest BCUT2D eigenvalue weighted by atomic mass is 32.1. The molecule has 3 aromatic rings. The molecule has 7 heteroatoms. The van der Waals surface area contributed by atoms with E-state index in [1.165, 1.54) is 17.6 Å². The highest BCUT2D eigenvalue weighted by molar-refractivity contribution is 7.13. The first-order chi connectivity index (χ1) is 10.2. The number of thiazole rings is 1. The van der Waals surface area contributed by atoms with E-state index in [0.29, 0.717) is 16.5 Å². The SMILES string of the molecule is O=C(NCC(O)c1ccco1)c1csc(-c2ccoc2)n1. The zero-order valence-electron chi connectivity index (χ0n) is 10.9. The molecule has 3 rings (SSSR count). The van der Waals surface area contributed by atoms with Crippen LogP contribution in [0.2, 0.25) is 0 Å². The van der Waals surface area contributed by atoms with E-state index >= 15 is 0 Å². The molecule has 0 fully saturated rings. The third kappa shape index (κ3) is 3.04. The Morgan fingerprint density at radius 3 is 3.05 bits per heavy atom. The van der Waals surface area contributed by atoms with Crippen molar-refractivity contribution in [1.82, 2.24) is 10.3 Å². The third-order valence-electron chi connectivity index (χ3n) is 2.83. The second kappa shape index (κ2) is 5.94. The van der Waals surface area contributed by atoms with Crippen molar-refractivity contribution in [3.8, 4) is 10.6 Å². The van der Waals surface area contributed by atoms with Crippen LogP contribution in [0.3, 0.4) is 0 Å². The van der Waals surface area contributed by atoms with E-state index < -0.39 is 6.10 Å². The molecule has 0 spiro atoms. The van der Waals surface area contributed by atoms with Gasteiger partial charge in [-0.25, -0.2) is 4.98 Å². The molecule has 1 amide bonds. The number of hydrogen-bond donors (Lipinski definition) is 2. The minimum absolute atomic E-state index is 0.0604. The summed E-state index contributed by atoms with van der Waals surface area (Å²) in [6.45, 7) is 0.0604. The topological polar surface area (TPSA) is 88.5 Å². The molecule has 6 nitrogen and oxygen atoms in total. The Hall–Kier alpha value is -2.38. The molecule has 2 N–H and O–H groups in total. The van der Waals surface area contributed by atoms with Gasteiger partial charge >= 0.3 is 0 Å². The number of amides is 1. The smallest absolute Gasteiger partial charge is 0.270 e. The lowest BCUT2D eigenvalue weighted by Gasteiger charge is -2.08. The summed E-state index contributed by atoms with van der Waals surface area (Å²) in [5.74, 6) is 0.0688. The first-order valence-corrected chi connectivity index (χ1v) is 7.10. The molecule has 0 bridgehead atoms. The maximum absolute atomic E-state index is 12.0. The summed E-state index contributed by atoms with van der Waals surface area (Å²) in [5, 5.41) is 14.8. The van der Waals surface area contributed by atoms with Crippen molar-refractivity contribution in [3.63, 3.8) is 0 Å². The van der Waals surface area contributed by atoms with Gasteiger partial charge in [-0.05, 0) is 18.2 Å². The number of nitrogens with zero attached hydrogens (tertiary/aromatic N) is 1. The molecule has 0 aliphatic rings. The molecule has 0 aromatic carbocycles. The van der Waals surface area contributed by atoms with Crippen molar-refractivity contribution in [1.29, 1.82) is 0 Å². The van der Waals surface area contributed by atoms with Gasteiger partial charge in [-0.3, -0.25) is 4.79 Å². The maximum Gasteiger partial charge on any atom is 0.270 e. The molecule has 3 heterocycles. The number of aliphatic hydroxyl groups is 1. The fourth-order valence-corrected chi connectivity index (χ4v) is 2.54. The van der Waals surface area contributed by atoms with E-state index in [9.17, 15) is 9.90 Å². The van der Waals surface area contributed by atoms with Crippen molar-refractivity contribution >= 4 is 17.2 Å². The molecule has 0 saturated carbocycles. The van der Waals surface area contributed by atoms with Crippen LogP contribution in [0.5, 0.6) is 0 Å². The van der Waals surface area contributed by atoms with E-state index in [1.807, 2.05) is 0 Å². The van der Waals surface area contributed by atoms with Gasteiger partial charge in [0.2, 0.25) is 0 Å². The highest BCUT2D eigenvalue weighted by Gasteiger charge is 2.15. The van der Waals surface area contributed by atoms with Gasteiger partial charge in [0.05, 0.1) is 19.1 Å². The predicted octanol–water partition coefficient (Wildman–Crippen LogP) is 2.46. The second-order valence-electron chi connectivity index (χ2n) is 4.29. The second-order valence-corrected chi connectivity index (χ2v) is 5.15. The van der Waals surface area contributed by atoms with Crippen LogP contribution in [0, 0.1) is 0 Å². The molecule has 0 aliphatic carbocycles. The Bertz CT molecular complexity index is 703. The summed E-state index contributed by atoms with van der Waals surface area (Å²) < 4.78 is 10.0. The van der Waals surface area contributed by atoms with Gasteiger partial charge < -0.3 is 19.3 Å². The fraction of sp³-hybridized carbons (Fsp3) is 0.143. The summed E-state index contributed by atoms with van der Waals surface area (Å²) in [6.07, 6.45) is 3.71. The van der Waals surface area contributed by atoms with Crippen LogP contribution >= 0.6 is 11.3 Å². The third-order valence-corrected chi connectivity index (χ3v) is 3.72. The average Bonchev–Trinajstić information content (AvgIpc) is 3.25. The minimum Gasteiger partial charge on any atom is -0.472 e.